The average Bonchev–Trinajstić information content (AvgIpc) is 3.02. The quantitative estimate of drug-likeness (QED) is 0.673. The van der Waals surface area contributed by atoms with Crippen molar-refractivity contribution in [2.24, 2.45) is 4.99 Å². The topological polar surface area (TPSA) is 40.8 Å². The van der Waals surface area contributed by atoms with Gasteiger partial charge >= 0.3 is 0 Å². The number of hydrogen-bond donors (Lipinski definition) is 1. The van der Waals surface area contributed by atoms with Gasteiger partial charge in [-0.05, 0) is 25.0 Å². The van der Waals surface area contributed by atoms with E-state index in [4.69, 9.17) is 4.42 Å². The molecule has 0 aromatic carbocycles. The van der Waals surface area contributed by atoms with Crippen molar-refractivity contribution >= 4 is 17.7 Å². The molecule has 3 rings (SSSR count). The van der Waals surface area contributed by atoms with E-state index in [1.807, 2.05) is 19.2 Å². The monoisotopic (exact) mass is 307 g/mol. The second-order valence-electron chi connectivity index (χ2n) is 5.99. The molecule has 0 atom stereocenters. The van der Waals surface area contributed by atoms with E-state index in [9.17, 15) is 0 Å². The van der Waals surface area contributed by atoms with E-state index in [0.717, 1.165) is 24.8 Å². The van der Waals surface area contributed by atoms with Gasteiger partial charge in [0.1, 0.15) is 5.76 Å². The fourth-order valence-electron chi connectivity index (χ4n) is 3.44. The van der Waals surface area contributed by atoms with Crippen LogP contribution in [-0.2, 0) is 6.54 Å². The third-order valence-corrected chi connectivity index (χ3v) is 6.06. The minimum atomic E-state index is 0.471. The number of rotatable bonds is 2. The molecule has 0 bridgehead atoms. The minimum Gasteiger partial charge on any atom is -0.467 e. The highest BCUT2D eigenvalue weighted by Gasteiger charge is 2.38. The third-order valence-electron chi connectivity index (χ3n) is 4.53. The lowest BCUT2D eigenvalue weighted by atomic mass is 9.87. The van der Waals surface area contributed by atoms with Crippen molar-refractivity contribution < 1.29 is 4.42 Å². The van der Waals surface area contributed by atoms with Crippen molar-refractivity contribution in [2.45, 2.75) is 43.4 Å². The molecule has 1 aliphatic carbocycles. The molecular formula is C16H25N3OS. The van der Waals surface area contributed by atoms with Crippen LogP contribution in [-0.4, -0.2) is 41.5 Å². The van der Waals surface area contributed by atoms with E-state index in [2.05, 4.69) is 27.0 Å². The zero-order valence-electron chi connectivity index (χ0n) is 12.8. The van der Waals surface area contributed by atoms with Crippen molar-refractivity contribution in [3.05, 3.63) is 24.2 Å². The van der Waals surface area contributed by atoms with E-state index in [-0.39, 0.29) is 0 Å². The van der Waals surface area contributed by atoms with E-state index >= 15 is 0 Å². The van der Waals surface area contributed by atoms with Crippen LogP contribution in [0.5, 0.6) is 0 Å². The van der Waals surface area contributed by atoms with Crippen LogP contribution in [0.25, 0.3) is 0 Å². The summed E-state index contributed by atoms with van der Waals surface area (Å²) in [5.41, 5.74) is 0. The van der Waals surface area contributed by atoms with Gasteiger partial charge in [0.2, 0.25) is 0 Å². The first-order valence-corrected chi connectivity index (χ1v) is 8.92. The van der Waals surface area contributed by atoms with Crippen LogP contribution in [0.1, 0.15) is 37.9 Å². The molecule has 1 aliphatic heterocycles. The maximum absolute atomic E-state index is 5.39. The summed E-state index contributed by atoms with van der Waals surface area (Å²) >= 11 is 2.19. The van der Waals surface area contributed by atoms with Crippen LogP contribution >= 0.6 is 11.8 Å². The van der Waals surface area contributed by atoms with Crippen molar-refractivity contribution in [3.8, 4) is 0 Å². The predicted octanol–water partition coefficient (Wildman–Crippen LogP) is 3.11. The average molecular weight is 307 g/mol. The van der Waals surface area contributed by atoms with Gasteiger partial charge in [0.15, 0.2) is 5.96 Å². The third kappa shape index (κ3) is 3.57. The Hall–Kier alpha value is -1.10. The highest BCUT2D eigenvalue weighted by molar-refractivity contribution is 8.00. The lowest BCUT2D eigenvalue weighted by Crippen LogP contribution is -2.53. The Labute approximate surface area is 131 Å². The molecule has 0 amide bonds. The molecule has 1 saturated heterocycles. The molecule has 21 heavy (non-hydrogen) atoms. The molecule has 2 heterocycles. The minimum absolute atomic E-state index is 0.471. The Balaban J connectivity index is 1.60. The molecule has 2 aliphatic rings. The van der Waals surface area contributed by atoms with E-state index in [1.54, 1.807) is 6.26 Å². The highest BCUT2D eigenvalue weighted by atomic mass is 32.2. The van der Waals surface area contributed by atoms with E-state index in [0.29, 0.717) is 11.3 Å². The maximum atomic E-state index is 5.39. The van der Waals surface area contributed by atoms with Crippen LogP contribution in [0.2, 0.25) is 0 Å². The molecular weight excluding hydrogens is 282 g/mol. The van der Waals surface area contributed by atoms with Crippen molar-refractivity contribution in [1.29, 1.82) is 0 Å². The van der Waals surface area contributed by atoms with Crippen molar-refractivity contribution in [3.63, 3.8) is 0 Å². The Morgan fingerprint density at radius 3 is 3.00 bits per heavy atom. The first-order chi connectivity index (χ1) is 10.3. The summed E-state index contributed by atoms with van der Waals surface area (Å²) < 4.78 is 5.86. The lowest BCUT2D eigenvalue weighted by Gasteiger charge is -2.45. The predicted molar refractivity (Wildman–Crippen MR) is 88.8 cm³/mol. The summed E-state index contributed by atoms with van der Waals surface area (Å²) in [4.78, 5) is 6.90. The molecule has 1 saturated carbocycles. The number of nitrogens with one attached hydrogen (secondary N) is 1. The van der Waals surface area contributed by atoms with Gasteiger partial charge in [-0.1, -0.05) is 19.3 Å². The Bertz CT molecular complexity index is 460. The lowest BCUT2D eigenvalue weighted by molar-refractivity contribution is 0.292. The van der Waals surface area contributed by atoms with Gasteiger partial charge in [-0.25, -0.2) is 0 Å². The van der Waals surface area contributed by atoms with Gasteiger partial charge in [0.05, 0.1) is 12.8 Å². The molecule has 116 valence electrons. The van der Waals surface area contributed by atoms with Crippen LogP contribution in [0.3, 0.4) is 0 Å². The molecule has 1 aromatic heterocycles. The normalized spacial score (nSPS) is 22.5. The zero-order valence-corrected chi connectivity index (χ0v) is 13.6. The largest absolute Gasteiger partial charge is 0.467 e. The first-order valence-electron chi connectivity index (χ1n) is 7.93. The van der Waals surface area contributed by atoms with E-state index in [1.165, 1.54) is 37.9 Å². The fraction of sp³-hybridized carbons (Fsp3) is 0.688. The van der Waals surface area contributed by atoms with Crippen LogP contribution in [0.4, 0.5) is 0 Å². The molecule has 1 N–H and O–H groups in total. The number of guanidine groups is 1. The summed E-state index contributed by atoms with van der Waals surface area (Å²) in [6.07, 6.45) is 8.63. The standard InChI is InChI=1S/C16H25N3OS/c1-17-15(18-12-14-6-5-10-20-14)19-9-11-21-16(13-19)7-3-2-4-8-16/h5-6,10H,2-4,7-9,11-13H2,1H3,(H,17,18). The van der Waals surface area contributed by atoms with Crippen molar-refractivity contribution in [2.75, 3.05) is 25.9 Å². The Morgan fingerprint density at radius 2 is 2.29 bits per heavy atom. The van der Waals surface area contributed by atoms with Gasteiger partial charge in [-0.15, -0.1) is 0 Å². The maximum Gasteiger partial charge on any atom is 0.194 e. The smallest absolute Gasteiger partial charge is 0.194 e. The van der Waals surface area contributed by atoms with Crippen molar-refractivity contribution in [1.82, 2.24) is 10.2 Å². The molecule has 1 spiro atoms. The Kier molecular flexibility index (Phi) is 4.78. The van der Waals surface area contributed by atoms with E-state index < -0.39 is 0 Å². The summed E-state index contributed by atoms with van der Waals surface area (Å²) in [7, 11) is 1.87. The number of hydrogen-bond acceptors (Lipinski definition) is 3. The van der Waals surface area contributed by atoms with Gasteiger partial charge < -0.3 is 14.6 Å². The zero-order chi connectivity index (χ0) is 14.5. The SMILES string of the molecule is CN=C(NCc1ccco1)N1CCSC2(CCCCC2)C1. The molecule has 5 heteroatoms. The summed E-state index contributed by atoms with van der Waals surface area (Å²) in [5, 5.41) is 3.44. The molecule has 0 radical (unpaired) electrons. The molecule has 2 fully saturated rings. The Morgan fingerprint density at radius 1 is 1.43 bits per heavy atom. The van der Waals surface area contributed by atoms with Gasteiger partial charge in [-0.3, -0.25) is 4.99 Å². The number of furan rings is 1. The highest BCUT2D eigenvalue weighted by Crippen LogP contribution is 2.42. The molecule has 1 aromatic rings. The molecule has 0 unspecified atom stereocenters. The second-order valence-corrected chi connectivity index (χ2v) is 7.56. The van der Waals surface area contributed by atoms with Gasteiger partial charge in [-0.2, -0.15) is 11.8 Å². The molecule has 4 nitrogen and oxygen atoms in total. The number of thioether (sulfide) groups is 1. The summed E-state index contributed by atoms with van der Waals surface area (Å²) in [5.74, 6) is 3.17. The fourth-order valence-corrected chi connectivity index (χ4v) is 5.01. The first kappa shape index (κ1) is 14.8. The van der Waals surface area contributed by atoms with Crippen LogP contribution < -0.4 is 5.32 Å². The van der Waals surface area contributed by atoms with Crippen LogP contribution in [0, 0.1) is 0 Å². The number of aliphatic imine (C=N–C) groups is 1. The summed E-state index contributed by atoms with van der Waals surface area (Å²) in [6.45, 7) is 2.93. The second kappa shape index (κ2) is 6.77. The summed E-state index contributed by atoms with van der Waals surface area (Å²) in [6, 6.07) is 3.92. The van der Waals surface area contributed by atoms with Gasteiger partial charge in [0.25, 0.3) is 0 Å². The van der Waals surface area contributed by atoms with Gasteiger partial charge in [0, 0.05) is 30.6 Å². The number of nitrogens with zero attached hydrogens (tertiary/aromatic N) is 2. The van der Waals surface area contributed by atoms with Crippen LogP contribution in [0.15, 0.2) is 27.8 Å².